The van der Waals surface area contributed by atoms with Gasteiger partial charge in [-0.05, 0) is 18.2 Å². The van der Waals surface area contributed by atoms with Gasteiger partial charge in [-0.2, -0.15) is 4.98 Å². The third-order valence-electron chi connectivity index (χ3n) is 3.00. The summed E-state index contributed by atoms with van der Waals surface area (Å²) in [6.07, 6.45) is 3.18. The maximum atomic E-state index is 12.3. The van der Waals surface area contributed by atoms with Crippen molar-refractivity contribution in [1.82, 2.24) is 15.0 Å². The van der Waals surface area contributed by atoms with Gasteiger partial charge < -0.3 is 10.1 Å². The molecule has 0 aliphatic heterocycles. The number of aromatic hydroxyl groups is 1. The van der Waals surface area contributed by atoms with Crippen LogP contribution in [0.2, 0.25) is 0 Å². The monoisotopic (exact) mass is 343 g/mol. The fourth-order valence-electron chi connectivity index (χ4n) is 2.01. The van der Waals surface area contributed by atoms with E-state index in [1.54, 1.807) is 42.7 Å². The normalized spacial score (nSPS) is 10.5. The first-order chi connectivity index (χ1) is 10.2. The summed E-state index contributed by atoms with van der Waals surface area (Å²) in [6, 6.07) is 10.6. The number of aromatic nitrogens is 3. The van der Waals surface area contributed by atoms with Gasteiger partial charge in [-0.25, -0.2) is 0 Å². The van der Waals surface area contributed by atoms with Crippen molar-refractivity contribution < 1.29 is 5.11 Å². The van der Waals surface area contributed by atoms with Crippen LogP contribution in [0.25, 0.3) is 22.5 Å². The summed E-state index contributed by atoms with van der Waals surface area (Å²) in [5.41, 5.74) is 1.00. The van der Waals surface area contributed by atoms with E-state index in [1.165, 1.54) is 0 Å². The highest BCUT2D eigenvalue weighted by atomic mass is 79.9. The van der Waals surface area contributed by atoms with Crippen LogP contribution in [0.5, 0.6) is 5.88 Å². The van der Waals surface area contributed by atoms with Gasteiger partial charge in [-0.1, -0.05) is 34.1 Å². The van der Waals surface area contributed by atoms with Gasteiger partial charge in [-0.15, -0.1) is 0 Å². The third-order valence-corrected chi connectivity index (χ3v) is 3.69. The molecule has 0 radical (unpaired) electrons. The molecule has 0 unspecified atom stereocenters. The molecule has 0 fully saturated rings. The number of H-pyrrole nitrogens is 1. The number of halogens is 1. The average molecular weight is 344 g/mol. The van der Waals surface area contributed by atoms with Gasteiger partial charge in [0.25, 0.3) is 5.56 Å². The van der Waals surface area contributed by atoms with Gasteiger partial charge in [0.2, 0.25) is 5.88 Å². The summed E-state index contributed by atoms with van der Waals surface area (Å²) in [5.74, 6) is -0.00633. The Morgan fingerprint density at radius 3 is 2.48 bits per heavy atom. The molecule has 0 spiro atoms. The van der Waals surface area contributed by atoms with E-state index in [4.69, 9.17) is 0 Å². The standard InChI is InChI=1S/C15H10BrN3O2/c16-11-4-2-1-3-10(11)12-14(20)18-13(19-15(12)21)9-5-7-17-8-6-9/h1-8H,(H2,18,19,20,21). The topological polar surface area (TPSA) is 78.9 Å². The van der Waals surface area contributed by atoms with Crippen LogP contribution >= 0.6 is 15.9 Å². The third kappa shape index (κ3) is 2.57. The molecule has 0 amide bonds. The number of hydrogen-bond acceptors (Lipinski definition) is 4. The molecule has 1 aromatic carbocycles. The Kier molecular flexibility index (Phi) is 3.53. The maximum absolute atomic E-state index is 12.3. The van der Waals surface area contributed by atoms with Crippen molar-refractivity contribution in [3.63, 3.8) is 0 Å². The summed E-state index contributed by atoms with van der Waals surface area (Å²) in [6.45, 7) is 0. The molecule has 104 valence electrons. The largest absolute Gasteiger partial charge is 0.493 e. The lowest BCUT2D eigenvalue weighted by Gasteiger charge is -2.07. The fourth-order valence-corrected chi connectivity index (χ4v) is 2.50. The van der Waals surface area contributed by atoms with Crippen molar-refractivity contribution in [1.29, 1.82) is 0 Å². The summed E-state index contributed by atoms with van der Waals surface area (Å²) in [4.78, 5) is 23.0. The first-order valence-electron chi connectivity index (χ1n) is 6.15. The van der Waals surface area contributed by atoms with Crippen molar-refractivity contribution in [3.8, 4) is 28.4 Å². The Bertz CT molecular complexity index is 847. The van der Waals surface area contributed by atoms with Crippen LogP contribution in [0.15, 0.2) is 58.1 Å². The number of pyridine rings is 1. The summed E-state index contributed by atoms with van der Waals surface area (Å²) < 4.78 is 0.712. The smallest absolute Gasteiger partial charge is 0.262 e. The van der Waals surface area contributed by atoms with Crippen LogP contribution in [-0.4, -0.2) is 20.1 Å². The number of aromatic amines is 1. The van der Waals surface area contributed by atoms with Crippen LogP contribution in [0.4, 0.5) is 0 Å². The number of hydrogen-bond donors (Lipinski definition) is 2. The zero-order valence-electron chi connectivity index (χ0n) is 10.7. The highest BCUT2D eigenvalue weighted by Gasteiger charge is 2.15. The number of rotatable bonds is 2. The van der Waals surface area contributed by atoms with Gasteiger partial charge in [0.05, 0.1) is 0 Å². The van der Waals surface area contributed by atoms with Gasteiger partial charge >= 0.3 is 0 Å². The number of nitrogens with one attached hydrogen (secondary N) is 1. The molecule has 0 saturated heterocycles. The molecular formula is C15H10BrN3O2. The Morgan fingerprint density at radius 2 is 1.81 bits per heavy atom. The zero-order chi connectivity index (χ0) is 14.8. The molecule has 0 aliphatic carbocycles. The molecular weight excluding hydrogens is 334 g/mol. The molecule has 3 rings (SSSR count). The molecule has 0 atom stereocenters. The highest BCUT2D eigenvalue weighted by molar-refractivity contribution is 9.10. The lowest BCUT2D eigenvalue weighted by molar-refractivity contribution is 0.454. The van der Waals surface area contributed by atoms with Gasteiger partial charge in [0, 0.05) is 28.0 Å². The van der Waals surface area contributed by atoms with E-state index in [9.17, 15) is 9.90 Å². The van der Waals surface area contributed by atoms with Gasteiger partial charge in [0.1, 0.15) is 11.4 Å². The van der Waals surface area contributed by atoms with Crippen LogP contribution in [-0.2, 0) is 0 Å². The summed E-state index contributed by atoms with van der Waals surface area (Å²) in [5, 5.41) is 10.1. The second kappa shape index (κ2) is 5.49. The Hall–Kier alpha value is -2.47. The average Bonchev–Trinajstić information content (AvgIpc) is 2.49. The van der Waals surface area contributed by atoms with Gasteiger partial charge in [-0.3, -0.25) is 9.78 Å². The van der Waals surface area contributed by atoms with E-state index in [2.05, 4.69) is 30.9 Å². The van der Waals surface area contributed by atoms with Crippen LogP contribution in [0.3, 0.4) is 0 Å². The van der Waals surface area contributed by atoms with Crippen molar-refractivity contribution >= 4 is 15.9 Å². The lowest BCUT2D eigenvalue weighted by atomic mass is 10.1. The van der Waals surface area contributed by atoms with E-state index >= 15 is 0 Å². The maximum Gasteiger partial charge on any atom is 0.262 e. The van der Waals surface area contributed by atoms with Crippen LogP contribution in [0, 0.1) is 0 Å². The van der Waals surface area contributed by atoms with Crippen LogP contribution in [0.1, 0.15) is 0 Å². The van der Waals surface area contributed by atoms with E-state index in [-0.39, 0.29) is 11.4 Å². The first-order valence-corrected chi connectivity index (χ1v) is 6.94. The van der Waals surface area contributed by atoms with Crippen molar-refractivity contribution in [2.24, 2.45) is 0 Å². The second-order valence-electron chi connectivity index (χ2n) is 4.33. The van der Waals surface area contributed by atoms with Crippen molar-refractivity contribution in [3.05, 3.63) is 63.6 Å². The molecule has 0 saturated carbocycles. The summed E-state index contributed by atoms with van der Waals surface area (Å²) >= 11 is 3.36. The highest BCUT2D eigenvalue weighted by Crippen LogP contribution is 2.31. The minimum Gasteiger partial charge on any atom is -0.493 e. The zero-order valence-corrected chi connectivity index (χ0v) is 12.3. The SMILES string of the molecule is O=c1[nH]c(-c2ccncc2)nc(O)c1-c1ccccc1Br. The van der Waals surface area contributed by atoms with E-state index in [1.807, 2.05) is 6.07 Å². The van der Waals surface area contributed by atoms with E-state index in [0.29, 0.717) is 21.4 Å². The lowest BCUT2D eigenvalue weighted by Crippen LogP contribution is -2.12. The van der Waals surface area contributed by atoms with Crippen molar-refractivity contribution in [2.75, 3.05) is 0 Å². The molecule has 21 heavy (non-hydrogen) atoms. The quantitative estimate of drug-likeness (QED) is 0.749. The van der Waals surface area contributed by atoms with Gasteiger partial charge in [0.15, 0.2) is 0 Å². The number of nitrogens with zero attached hydrogens (tertiary/aromatic N) is 2. The van der Waals surface area contributed by atoms with Crippen LogP contribution < -0.4 is 5.56 Å². The molecule has 3 aromatic rings. The minimum atomic E-state index is -0.402. The number of benzene rings is 1. The Labute approximate surface area is 128 Å². The Morgan fingerprint density at radius 1 is 1.10 bits per heavy atom. The minimum absolute atomic E-state index is 0.139. The fraction of sp³-hybridized carbons (Fsp3) is 0. The van der Waals surface area contributed by atoms with E-state index in [0.717, 1.165) is 0 Å². The van der Waals surface area contributed by atoms with E-state index < -0.39 is 5.56 Å². The molecule has 2 N–H and O–H groups in total. The Balaban J connectivity index is 2.19. The molecule has 2 heterocycles. The first kappa shape index (κ1) is 13.5. The molecule has 0 bridgehead atoms. The molecule has 2 aromatic heterocycles. The van der Waals surface area contributed by atoms with Crippen molar-refractivity contribution in [2.45, 2.75) is 0 Å². The predicted octanol–water partition coefficient (Wildman–Crippen LogP) is 2.97. The molecule has 6 heteroatoms. The second-order valence-corrected chi connectivity index (χ2v) is 5.18. The predicted molar refractivity (Wildman–Crippen MR) is 82.9 cm³/mol. The molecule has 0 aliphatic rings. The summed E-state index contributed by atoms with van der Waals surface area (Å²) in [7, 11) is 0. The molecule has 5 nitrogen and oxygen atoms in total.